The molecule has 1 nitrogen and oxygen atoms in total. The van der Waals surface area contributed by atoms with E-state index >= 15 is 0 Å². The largest absolute Gasteiger partial charge is 0.258 e. The van der Waals surface area contributed by atoms with Gasteiger partial charge in [-0.2, -0.15) is 0 Å². The van der Waals surface area contributed by atoms with Gasteiger partial charge in [-0.25, -0.2) is 0 Å². The van der Waals surface area contributed by atoms with Gasteiger partial charge in [0.05, 0.1) is 0 Å². The molecule has 2 rings (SSSR count). The smallest absolute Gasteiger partial charge is 0.0454 e. The standard InChI is InChI=1S/C17H17N/c1-5-14-7-9-15(10-8-14)17-11-12(3)18-13(4)16(17)6-2/h5-11H,1-2H2,3-4H3. The number of pyridine rings is 1. The molecule has 2 aromatic rings. The molecule has 0 unspecified atom stereocenters. The Balaban J connectivity index is 2.61. The molecule has 0 saturated heterocycles. The van der Waals surface area contributed by atoms with Gasteiger partial charge < -0.3 is 0 Å². The summed E-state index contributed by atoms with van der Waals surface area (Å²) in [7, 11) is 0. The van der Waals surface area contributed by atoms with Gasteiger partial charge in [-0.1, -0.05) is 49.6 Å². The number of aromatic nitrogens is 1. The molecule has 0 aliphatic heterocycles. The Morgan fingerprint density at radius 3 is 2.22 bits per heavy atom. The summed E-state index contributed by atoms with van der Waals surface area (Å²) in [5.41, 5.74) is 6.65. The Bertz CT molecular complexity index is 592. The number of benzene rings is 1. The second-order valence-corrected chi connectivity index (χ2v) is 4.34. The number of hydrogen-bond acceptors (Lipinski definition) is 1. The number of aryl methyl sites for hydroxylation is 2. The highest BCUT2D eigenvalue weighted by Gasteiger charge is 2.07. The van der Waals surface area contributed by atoms with Crippen molar-refractivity contribution in [2.45, 2.75) is 13.8 Å². The third-order valence-electron chi connectivity index (χ3n) is 3.04. The van der Waals surface area contributed by atoms with E-state index in [2.05, 4.69) is 48.5 Å². The van der Waals surface area contributed by atoms with E-state index in [-0.39, 0.29) is 0 Å². The minimum absolute atomic E-state index is 1.02. The molecule has 1 heteroatoms. The topological polar surface area (TPSA) is 12.9 Å². The lowest BCUT2D eigenvalue weighted by Gasteiger charge is -2.10. The Morgan fingerprint density at radius 2 is 1.67 bits per heavy atom. The van der Waals surface area contributed by atoms with Crippen LogP contribution < -0.4 is 0 Å². The maximum Gasteiger partial charge on any atom is 0.0454 e. The minimum atomic E-state index is 1.02. The summed E-state index contributed by atoms with van der Waals surface area (Å²) in [5, 5.41) is 0. The van der Waals surface area contributed by atoms with Crippen molar-refractivity contribution in [2.75, 3.05) is 0 Å². The van der Waals surface area contributed by atoms with Crippen LogP contribution in [0.4, 0.5) is 0 Å². The molecule has 0 fully saturated rings. The molecule has 0 aliphatic carbocycles. The Labute approximate surface area is 109 Å². The van der Waals surface area contributed by atoms with Crippen molar-refractivity contribution in [1.29, 1.82) is 0 Å². The van der Waals surface area contributed by atoms with Crippen molar-refractivity contribution < 1.29 is 0 Å². The number of rotatable bonds is 3. The molecule has 0 atom stereocenters. The summed E-state index contributed by atoms with van der Waals surface area (Å²) in [5.74, 6) is 0. The number of nitrogens with zero attached hydrogens (tertiary/aromatic N) is 1. The van der Waals surface area contributed by atoms with Crippen molar-refractivity contribution in [3.8, 4) is 11.1 Å². The lowest BCUT2D eigenvalue weighted by molar-refractivity contribution is 1.12. The van der Waals surface area contributed by atoms with E-state index in [0.717, 1.165) is 22.5 Å². The first-order valence-corrected chi connectivity index (χ1v) is 5.99. The maximum atomic E-state index is 4.48. The minimum Gasteiger partial charge on any atom is -0.258 e. The first-order chi connectivity index (χ1) is 8.65. The maximum absolute atomic E-state index is 4.48. The lowest BCUT2D eigenvalue weighted by atomic mass is 9.97. The predicted octanol–water partition coefficient (Wildman–Crippen LogP) is 4.65. The molecule has 0 aliphatic rings. The third kappa shape index (κ3) is 2.25. The normalized spacial score (nSPS) is 10.1. The average Bonchev–Trinajstić information content (AvgIpc) is 2.38. The molecule has 0 amide bonds. The van der Waals surface area contributed by atoms with Crippen molar-refractivity contribution in [1.82, 2.24) is 4.98 Å². The van der Waals surface area contributed by atoms with Crippen LogP contribution in [0.5, 0.6) is 0 Å². The lowest BCUT2D eigenvalue weighted by Crippen LogP contribution is -1.94. The van der Waals surface area contributed by atoms with Crippen LogP contribution in [-0.2, 0) is 0 Å². The molecule has 1 heterocycles. The van der Waals surface area contributed by atoms with E-state index in [1.807, 2.05) is 26.0 Å². The van der Waals surface area contributed by atoms with Crippen LogP contribution in [-0.4, -0.2) is 4.98 Å². The van der Waals surface area contributed by atoms with Crippen molar-refractivity contribution in [3.05, 3.63) is 66.0 Å². The molecule has 0 bridgehead atoms. The molecular weight excluding hydrogens is 218 g/mol. The summed E-state index contributed by atoms with van der Waals surface area (Å²) < 4.78 is 0. The Kier molecular flexibility index (Phi) is 3.42. The van der Waals surface area contributed by atoms with Gasteiger partial charge in [0.1, 0.15) is 0 Å². The van der Waals surface area contributed by atoms with Crippen molar-refractivity contribution >= 4 is 12.2 Å². The van der Waals surface area contributed by atoms with Crippen molar-refractivity contribution in [2.24, 2.45) is 0 Å². The van der Waals surface area contributed by atoms with Crippen LogP contribution in [0.25, 0.3) is 23.3 Å². The monoisotopic (exact) mass is 235 g/mol. The van der Waals surface area contributed by atoms with Crippen LogP contribution in [0.3, 0.4) is 0 Å². The molecule has 90 valence electrons. The van der Waals surface area contributed by atoms with Gasteiger partial charge in [0.15, 0.2) is 0 Å². The fraction of sp³-hybridized carbons (Fsp3) is 0.118. The Hall–Kier alpha value is -2.15. The van der Waals surface area contributed by atoms with E-state index < -0.39 is 0 Å². The summed E-state index contributed by atoms with van der Waals surface area (Å²) >= 11 is 0. The zero-order chi connectivity index (χ0) is 13.1. The highest BCUT2D eigenvalue weighted by Crippen LogP contribution is 2.27. The van der Waals surface area contributed by atoms with Crippen LogP contribution >= 0.6 is 0 Å². The fourth-order valence-electron chi connectivity index (χ4n) is 2.13. The zero-order valence-corrected chi connectivity index (χ0v) is 10.9. The van der Waals surface area contributed by atoms with Crippen LogP contribution in [0.2, 0.25) is 0 Å². The fourth-order valence-corrected chi connectivity index (χ4v) is 2.13. The van der Waals surface area contributed by atoms with E-state index in [1.54, 1.807) is 0 Å². The average molecular weight is 235 g/mol. The van der Waals surface area contributed by atoms with Crippen molar-refractivity contribution in [3.63, 3.8) is 0 Å². The van der Waals surface area contributed by atoms with E-state index in [1.165, 1.54) is 11.1 Å². The second-order valence-electron chi connectivity index (χ2n) is 4.34. The molecule has 0 saturated carbocycles. The predicted molar refractivity (Wildman–Crippen MR) is 79.3 cm³/mol. The summed E-state index contributed by atoms with van der Waals surface area (Å²) in [6.45, 7) is 11.7. The molecule has 1 aromatic heterocycles. The van der Waals surface area contributed by atoms with E-state index in [9.17, 15) is 0 Å². The summed E-state index contributed by atoms with van der Waals surface area (Å²) in [4.78, 5) is 4.48. The number of hydrogen-bond donors (Lipinski definition) is 0. The van der Waals surface area contributed by atoms with Gasteiger partial charge in [-0.3, -0.25) is 4.98 Å². The van der Waals surface area contributed by atoms with Gasteiger partial charge in [-0.05, 0) is 36.6 Å². The van der Waals surface area contributed by atoms with Crippen LogP contribution in [0.1, 0.15) is 22.5 Å². The van der Waals surface area contributed by atoms with Gasteiger partial charge in [-0.15, -0.1) is 0 Å². The van der Waals surface area contributed by atoms with Crippen LogP contribution in [0.15, 0.2) is 43.5 Å². The summed E-state index contributed by atoms with van der Waals surface area (Å²) in [6, 6.07) is 10.5. The van der Waals surface area contributed by atoms with Gasteiger partial charge in [0.25, 0.3) is 0 Å². The molecule has 0 radical (unpaired) electrons. The molecule has 0 spiro atoms. The molecular formula is C17H17N. The van der Waals surface area contributed by atoms with E-state index in [4.69, 9.17) is 0 Å². The first kappa shape index (κ1) is 12.3. The molecule has 1 aromatic carbocycles. The summed E-state index contributed by atoms with van der Waals surface area (Å²) in [6.07, 6.45) is 3.72. The second kappa shape index (κ2) is 5.01. The highest BCUT2D eigenvalue weighted by molar-refractivity contribution is 5.76. The molecule has 0 N–H and O–H groups in total. The highest BCUT2D eigenvalue weighted by atomic mass is 14.7. The third-order valence-corrected chi connectivity index (χ3v) is 3.04. The SMILES string of the molecule is C=Cc1ccc(-c2cc(C)nc(C)c2C=C)cc1. The van der Waals surface area contributed by atoms with Gasteiger partial charge in [0.2, 0.25) is 0 Å². The Morgan fingerprint density at radius 1 is 1.00 bits per heavy atom. The van der Waals surface area contributed by atoms with Gasteiger partial charge >= 0.3 is 0 Å². The zero-order valence-electron chi connectivity index (χ0n) is 10.9. The van der Waals surface area contributed by atoms with Gasteiger partial charge in [0, 0.05) is 17.0 Å². The first-order valence-electron chi connectivity index (χ1n) is 5.99. The quantitative estimate of drug-likeness (QED) is 0.754. The van der Waals surface area contributed by atoms with E-state index in [0.29, 0.717) is 0 Å². The molecule has 18 heavy (non-hydrogen) atoms. The van der Waals surface area contributed by atoms with Crippen LogP contribution in [0, 0.1) is 13.8 Å².